The molecule has 16 heteroatoms. The van der Waals surface area contributed by atoms with E-state index in [1.54, 1.807) is 0 Å². The molecule has 0 spiro atoms. The van der Waals surface area contributed by atoms with Crippen molar-refractivity contribution in [1.29, 1.82) is 0 Å². The highest BCUT2D eigenvalue weighted by molar-refractivity contribution is 5.91. The standard InChI is InChI=1S/C19H32N4O12/c1-7(19(32)33)34-15-13(20)18(35-11(6-25)14(15)29)23(8(2)26)10(5-24)17(31)22-9(16(21)30)3-4-12(27)28/h7,9-11,13-15,18,24-25,29H,3-6,20H2,1-2H3,(H2,21,30)(H,22,31)(H,27,28)(H,32,33)/t7-,9-,10+,11-,13-,14-,15-,18?/m1/s1. The summed E-state index contributed by atoms with van der Waals surface area (Å²) in [5.74, 6) is -5.67. The molecule has 0 saturated carbocycles. The number of nitrogens with one attached hydrogen (secondary N) is 1. The molecule has 1 unspecified atom stereocenters. The van der Waals surface area contributed by atoms with Crippen molar-refractivity contribution in [2.24, 2.45) is 11.5 Å². The van der Waals surface area contributed by atoms with Crippen molar-refractivity contribution in [1.82, 2.24) is 10.2 Å². The second-order valence-electron chi connectivity index (χ2n) is 7.92. The molecule has 10 N–H and O–H groups in total. The Morgan fingerprint density at radius 1 is 1.17 bits per heavy atom. The number of hydrogen-bond acceptors (Lipinski definition) is 11. The number of primary amides is 1. The molecule has 1 saturated heterocycles. The van der Waals surface area contributed by atoms with Gasteiger partial charge in [0.1, 0.15) is 30.4 Å². The Morgan fingerprint density at radius 2 is 1.77 bits per heavy atom. The summed E-state index contributed by atoms with van der Waals surface area (Å²) in [6.07, 6.45) is -8.44. The van der Waals surface area contributed by atoms with E-state index in [1.165, 1.54) is 0 Å². The number of carboxylic acids is 2. The van der Waals surface area contributed by atoms with Gasteiger partial charge < -0.3 is 56.7 Å². The van der Waals surface area contributed by atoms with Crippen molar-refractivity contribution in [3.63, 3.8) is 0 Å². The van der Waals surface area contributed by atoms with E-state index in [2.05, 4.69) is 5.32 Å². The number of aliphatic hydroxyl groups is 3. The fourth-order valence-corrected chi connectivity index (χ4v) is 3.51. The van der Waals surface area contributed by atoms with Gasteiger partial charge in [0.2, 0.25) is 17.7 Å². The molecular weight excluding hydrogens is 476 g/mol. The number of aliphatic carboxylic acids is 2. The van der Waals surface area contributed by atoms with Crippen molar-refractivity contribution in [3.8, 4) is 0 Å². The molecule has 8 atom stereocenters. The van der Waals surface area contributed by atoms with Crippen molar-refractivity contribution in [2.45, 2.75) is 75.5 Å². The van der Waals surface area contributed by atoms with Gasteiger partial charge in [0.25, 0.3) is 0 Å². The van der Waals surface area contributed by atoms with E-state index < -0.39 is 98.1 Å². The van der Waals surface area contributed by atoms with E-state index in [9.17, 15) is 39.3 Å². The van der Waals surface area contributed by atoms with Crippen LogP contribution >= 0.6 is 0 Å². The third-order valence-corrected chi connectivity index (χ3v) is 5.39. The van der Waals surface area contributed by atoms with Gasteiger partial charge in [-0.15, -0.1) is 0 Å². The number of aliphatic hydroxyl groups excluding tert-OH is 3. The van der Waals surface area contributed by atoms with Gasteiger partial charge in [-0.1, -0.05) is 0 Å². The predicted molar refractivity (Wildman–Crippen MR) is 113 cm³/mol. The lowest BCUT2D eigenvalue weighted by Crippen LogP contribution is -2.70. The van der Waals surface area contributed by atoms with Crippen molar-refractivity contribution < 1.29 is 59.0 Å². The van der Waals surface area contributed by atoms with Gasteiger partial charge in [-0.2, -0.15) is 0 Å². The van der Waals surface area contributed by atoms with Crippen molar-refractivity contribution >= 4 is 29.7 Å². The number of carbonyl (C=O) groups excluding carboxylic acids is 3. The number of ether oxygens (including phenoxy) is 2. The van der Waals surface area contributed by atoms with Gasteiger partial charge in [-0.25, -0.2) is 4.79 Å². The number of hydrogen-bond donors (Lipinski definition) is 8. The minimum atomic E-state index is -1.73. The maximum atomic E-state index is 12.9. The summed E-state index contributed by atoms with van der Waals surface area (Å²) < 4.78 is 10.8. The maximum absolute atomic E-state index is 12.9. The fraction of sp³-hybridized carbons (Fsp3) is 0.737. The molecule has 0 aromatic heterocycles. The summed E-state index contributed by atoms with van der Waals surface area (Å²) in [6.45, 7) is 0.350. The number of carboxylic acid groups (broad SMARTS) is 2. The monoisotopic (exact) mass is 508 g/mol. The highest BCUT2D eigenvalue weighted by Gasteiger charge is 2.50. The van der Waals surface area contributed by atoms with E-state index in [0.717, 1.165) is 13.8 Å². The van der Waals surface area contributed by atoms with Crippen LogP contribution in [0, 0.1) is 0 Å². The summed E-state index contributed by atoms with van der Waals surface area (Å²) in [5, 5.41) is 50.0. The van der Waals surface area contributed by atoms with E-state index in [4.69, 9.17) is 31.2 Å². The first-order chi connectivity index (χ1) is 16.3. The second kappa shape index (κ2) is 13.3. The summed E-state index contributed by atoms with van der Waals surface area (Å²) in [6, 6.07) is -4.64. The molecule has 0 aromatic rings. The van der Waals surface area contributed by atoms with E-state index in [-0.39, 0.29) is 6.42 Å². The average Bonchev–Trinajstić information content (AvgIpc) is 2.77. The van der Waals surface area contributed by atoms with E-state index in [0.29, 0.717) is 4.90 Å². The maximum Gasteiger partial charge on any atom is 0.332 e. The molecule has 1 aliphatic heterocycles. The van der Waals surface area contributed by atoms with Crippen LogP contribution in [0.5, 0.6) is 0 Å². The van der Waals surface area contributed by atoms with Gasteiger partial charge in [0, 0.05) is 13.3 Å². The first-order valence-electron chi connectivity index (χ1n) is 10.6. The third-order valence-electron chi connectivity index (χ3n) is 5.39. The number of nitrogens with zero attached hydrogens (tertiary/aromatic N) is 1. The fourth-order valence-electron chi connectivity index (χ4n) is 3.51. The number of rotatable bonds is 13. The Balaban J connectivity index is 3.27. The molecule has 0 aromatic carbocycles. The number of amides is 3. The SMILES string of the molecule is CC(=O)N(C1O[C@H](CO)[C@@H](O)[C@H](O[C@H](C)C(=O)O)[C@H]1N)[C@@H](CO)C(=O)N[C@H](CCC(=O)O)C(N)=O. The average molecular weight is 508 g/mol. The van der Waals surface area contributed by atoms with Crippen molar-refractivity contribution in [3.05, 3.63) is 0 Å². The topological polar surface area (TPSA) is 272 Å². The first kappa shape index (κ1) is 30.1. The molecule has 1 fully saturated rings. The molecule has 1 heterocycles. The molecule has 3 amide bonds. The molecule has 16 nitrogen and oxygen atoms in total. The van der Waals surface area contributed by atoms with Crippen LogP contribution < -0.4 is 16.8 Å². The summed E-state index contributed by atoms with van der Waals surface area (Å²) in [5.41, 5.74) is 11.3. The summed E-state index contributed by atoms with van der Waals surface area (Å²) >= 11 is 0. The Bertz CT molecular complexity index is 796. The smallest absolute Gasteiger partial charge is 0.332 e. The molecule has 35 heavy (non-hydrogen) atoms. The molecular formula is C19H32N4O12. The minimum absolute atomic E-state index is 0.365. The normalized spacial score (nSPS) is 26.7. The highest BCUT2D eigenvalue weighted by Crippen LogP contribution is 2.27. The van der Waals surface area contributed by atoms with Crippen LogP contribution in [0.25, 0.3) is 0 Å². The number of carbonyl (C=O) groups is 5. The van der Waals surface area contributed by atoms with E-state index >= 15 is 0 Å². The molecule has 0 bridgehead atoms. The van der Waals surface area contributed by atoms with Gasteiger partial charge in [0.15, 0.2) is 12.3 Å². The molecule has 200 valence electrons. The Hall–Kier alpha value is -2.89. The second-order valence-corrected chi connectivity index (χ2v) is 7.92. The van der Waals surface area contributed by atoms with Gasteiger partial charge in [-0.05, 0) is 13.3 Å². The quantitative estimate of drug-likeness (QED) is 0.116. The Kier molecular flexibility index (Phi) is 11.4. The van der Waals surface area contributed by atoms with Crippen LogP contribution in [0.15, 0.2) is 0 Å². The summed E-state index contributed by atoms with van der Waals surface area (Å²) in [4.78, 5) is 59.7. The van der Waals surface area contributed by atoms with Crippen LogP contribution in [-0.2, 0) is 33.4 Å². The molecule has 1 rings (SSSR count). The van der Waals surface area contributed by atoms with Crippen molar-refractivity contribution in [2.75, 3.05) is 13.2 Å². The highest BCUT2D eigenvalue weighted by atomic mass is 16.6. The van der Waals surface area contributed by atoms with Gasteiger partial charge >= 0.3 is 11.9 Å². The zero-order chi connectivity index (χ0) is 27.0. The van der Waals surface area contributed by atoms with Gasteiger partial charge in [0.05, 0.1) is 19.3 Å². The largest absolute Gasteiger partial charge is 0.481 e. The lowest BCUT2D eigenvalue weighted by atomic mass is 9.94. The molecule has 0 radical (unpaired) electrons. The van der Waals surface area contributed by atoms with Gasteiger partial charge in [-0.3, -0.25) is 19.2 Å². The van der Waals surface area contributed by atoms with Crippen LogP contribution in [0.2, 0.25) is 0 Å². The van der Waals surface area contributed by atoms with Crippen LogP contribution in [0.3, 0.4) is 0 Å². The predicted octanol–water partition coefficient (Wildman–Crippen LogP) is -4.71. The Morgan fingerprint density at radius 3 is 2.20 bits per heavy atom. The zero-order valence-electron chi connectivity index (χ0n) is 19.1. The molecule has 0 aliphatic carbocycles. The lowest BCUT2D eigenvalue weighted by Gasteiger charge is -2.48. The first-order valence-corrected chi connectivity index (χ1v) is 10.6. The molecule has 1 aliphatic rings. The Labute approximate surface area is 199 Å². The minimum Gasteiger partial charge on any atom is -0.481 e. The van der Waals surface area contributed by atoms with Crippen LogP contribution in [-0.4, -0.2) is 122 Å². The third kappa shape index (κ3) is 7.81. The zero-order valence-corrected chi connectivity index (χ0v) is 19.1. The number of nitrogens with two attached hydrogens (primary N) is 2. The lowest BCUT2D eigenvalue weighted by molar-refractivity contribution is -0.246. The van der Waals surface area contributed by atoms with E-state index in [1.807, 2.05) is 0 Å². The van der Waals surface area contributed by atoms with Crippen LogP contribution in [0.1, 0.15) is 26.7 Å². The van der Waals surface area contributed by atoms with Crippen LogP contribution in [0.4, 0.5) is 0 Å². The summed E-state index contributed by atoms with van der Waals surface area (Å²) in [7, 11) is 0.